The summed E-state index contributed by atoms with van der Waals surface area (Å²) in [5.74, 6) is 0.859. The molecule has 1 aromatic carbocycles. The molecule has 1 aliphatic rings. The highest BCUT2D eigenvalue weighted by Gasteiger charge is 2.24. The van der Waals surface area contributed by atoms with E-state index in [2.05, 4.69) is 5.32 Å². The van der Waals surface area contributed by atoms with Crippen LogP contribution >= 0.6 is 0 Å². The second-order valence-corrected chi connectivity index (χ2v) is 5.85. The van der Waals surface area contributed by atoms with E-state index in [1.54, 1.807) is 31.4 Å². The standard InChI is InChI=1S/C11H16N2O3S/c1-16-11-4-2-10(3-5-11)13-8-6-12-7-9-17(13,14)15/h2-5,12H,6-9H2,1H3. The SMILES string of the molecule is COc1ccc(N2CCNCCS2(=O)=O)cc1. The summed E-state index contributed by atoms with van der Waals surface area (Å²) in [4.78, 5) is 0. The molecule has 0 radical (unpaired) electrons. The van der Waals surface area contributed by atoms with E-state index in [1.807, 2.05) is 0 Å². The maximum absolute atomic E-state index is 12.0. The molecule has 94 valence electrons. The van der Waals surface area contributed by atoms with Crippen LogP contribution in [-0.4, -0.2) is 40.9 Å². The van der Waals surface area contributed by atoms with Gasteiger partial charge in [0.05, 0.1) is 18.6 Å². The number of sulfonamides is 1. The fourth-order valence-corrected chi connectivity index (χ4v) is 3.23. The topological polar surface area (TPSA) is 58.6 Å². The first-order valence-electron chi connectivity index (χ1n) is 5.49. The number of ether oxygens (including phenoxy) is 1. The van der Waals surface area contributed by atoms with Crippen molar-refractivity contribution in [1.82, 2.24) is 5.32 Å². The van der Waals surface area contributed by atoms with E-state index in [0.717, 1.165) is 5.75 Å². The Balaban J connectivity index is 2.29. The lowest BCUT2D eigenvalue weighted by atomic mass is 10.3. The van der Waals surface area contributed by atoms with Crippen LogP contribution in [0.25, 0.3) is 0 Å². The van der Waals surface area contributed by atoms with Crippen LogP contribution < -0.4 is 14.4 Å². The Labute approximate surface area is 101 Å². The van der Waals surface area contributed by atoms with Gasteiger partial charge in [-0.3, -0.25) is 4.31 Å². The molecule has 1 fully saturated rings. The molecule has 5 nitrogen and oxygen atoms in total. The molecular formula is C11H16N2O3S. The van der Waals surface area contributed by atoms with Crippen LogP contribution in [0.5, 0.6) is 5.75 Å². The number of hydrogen-bond donors (Lipinski definition) is 1. The Kier molecular flexibility index (Phi) is 3.54. The van der Waals surface area contributed by atoms with Crippen molar-refractivity contribution in [3.8, 4) is 5.75 Å². The summed E-state index contributed by atoms with van der Waals surface area (Å²) in [5, 5.41) is 3.08. The smallest absolute Gasteiger partial charge is 0.236 e. The van der Waals surface area contributed by atoms with Crippen molar-refractivity contribution in [3.63, 3.8) is 0 Å². The zero-order valence-electron chi connectivity index (χ0n) is 9.72. The highest BCUT2D eigenvalue weighted by atomic mass is 32.2. The van der Waals surface area contributed by atoms with Crippen molar-refractivity contribution < 1.29 is 13.2 Å². The van der Waals surface area contributed by atoms with Gasteiger partial charge in [0.2, 0.25) is 10.0 Å². The lowest BCUT2D eigenvalue weighted by molar-refractivity contribution is 0.415. The van der Waals surface area contributed by atoms with Gasteiger partial charge in [-0.2, -0.15) is 0 Å². The van der Waals surface area contributed by atoms with E-state index in [0.29, 0.717) is 25.3 Å². The summed E-state index contributed by atoms with van der Waals surface area (Å²) in [6.45, 7) is 1.65. The van der Waals surface area contributed by atoms with Gasteiger partial charge in [-0.1, -0.05) is 0 Å². The maximum Gasteiger partial charge on any atom is 0.236 e. The predicted octanol–water partition coefficient (Wildman–Crippen LogP) is 0.435. The van der Waals surface area contributed by atoms with Gasteiger partial charge in [-0.25, -0.2) is 8.42 Å². The van der Waals surface area contributed by atoms with Crippen LogP contribution in [0.15, 0.2) is 24.3 Å². The van der Waals surface area contributed by atoms with E-state index in [1.165, 1.54) is 4.31 Å². The van der Waals surface area contributed by atoms with E-state index in [9.17, 15) is 8.42 Å². The third-order valence-electron chi connectivity index (χ3n) is 2.72. The predicted molar refractivity (Wildman–Crippen MR) is 67.0 cm³/mol. The van der Waals surface area contributed by atoms with Gasteiger partial charge in [0.15, 0.2) is 0 Å². The monoisotopic (exact) mass is 256 g/mol. The summed E-state index contributed by atoms with van der Waals surface area (Å²) in [5.41, 5.74) is 0.689. The first-order valence-corrected chi connectivity index (χ1v) is 7.09. The number of hydrogen-bond acceptors (Lipinski definition) is 4. The number of nitrogens with zero attached hydrogens (tertiary/aromatic N) is 1. The molecule has 0 bridgehead atoms. The second kappa shape index (κ2) is 4.93. The average molecular weight is 256 g/mol. The lowest BCUT2D eigenvalue weighted by Crippen LogP contribution is -2.33. The molecule has 2 rings (SSSR count). The molecule has 1 aromatic rings. The van der Waals surface area contributed by atoms with Crippen molar-refractivity contribution in [2.75, 3.05) is 36.8 Å². The molecule has 17 heavy (non-hydrogen) atoms. The molecule has 1 aliphatic heterocycles. The van der Waals surface area contributed by atoms with Gasteiger partial charge in [-0.05, 0) is 24.3 Å². The quantitative estimate of drug-likeness (QED) is 0.834. The third-order valence-corrected chi connectivity index (χ3v) is 4.51. The van der Waals surface area contributed by atoms with Crippen molar-refractivity contribution in [2.45, 2.75) is 0 Å². The van der Waals surface area contributed by atoms with Crippen LogP contribution in [0.4, 0.5) is 5.69 Å². The van der Waals surface area contributed by atoms with E-state index in [4.69, 9.17) is 4.74 Å². The summed E-state index contributed by atoms with van der Waals surface area (Å²) < 4.78 is 30.5. The fraction of sp³-hybridized carbons (Fsp3) is 0.455. The highest BCUT2D eigenvalue weighted by Crippen LogP contribution is 2.22. The minimum absolute atomic E-state index is 0.138. The molecule has 0 spiro atoms. The molecule has 1 saturated heterocycles. The molecule has 0 unspecified atom stereocenters. The molecule has 0 saturated carbocycles. The van der Waals surface area contributed by atoms with Gasteiger partial charge in [0.1, 0.15) is 5.75 Å². The molecule has 1 heterocycles. The van der Waals surface area contributed by atoms with Crippen LogP contribution in [0.3, 0.4) is 0 Å². The normalized spacial score (nSPS) is 19.7. The number of anilines is 1. The van der Waals surface area contributed by atoms with Crippen LogP contribution in [0, 0.1) is 0 Å². The second-order valence-electron chi connectivity index (χ2n) is 3.84. The maximum atomic E-state index is 12.0. The van der Waals surface area contributed by atoms with Crippen molar-refractivity contribution in [3.05, 3.63) is 24.3 Å². The highest BCUT2D eigenvalue weighted by molar-refractivity contribution is 7.92. The first-order chi connectivity index (χ1) is 8.13. The van der Waals surface area contributed by atoms with Crippen molar-refractivity contribution in [1.29, 1.82) is 0 Å². The Morgan fingerprint density at radius 1 is 1.24 bits per heavy atom. The van der Waals surface area contributed by atoms with Gasteiger partial charge in [0.25, 0.3) is 0 Å². The minimum atomic E-state index is -3.20. The van der Waals surface area contributed by atoms with E-state index >= 15 is 0 Å². The summed E-state index contributed by atoms with van der Waals surface area (Å²) >= 11 is 0. The fourth-order valence-electron chi connectivity index (χ4n) is 1.79. The molecule has 0 aliphatic carbocycles. The molecule has 0 atom stereocenters. The Hall–Kier alpha value is -1.27. The average Bonchev–Trinajstić information content (AvgIpc) is 2.50. The molecule has 0 aromatic heterocycles. The minimum Gasteiger partial charge on any atom is -0.497 e. The zero-order valence-corrected chi connectivity index (χ0v) is 10.5. The molecule has 6 heteroatoms. The Morgan fingerprint density at radius 2 is 1.94 bits per heavy atom. The van der Waals surface area contributed by atoms with Crippen LogP contribution in [-0.2, 0) is 10.0 Å². The summed E-state index contributed by atoms with van der Waals surface area (Å²) in [6.07, 6.45) is 0. The third kappa shape index (κ3) is 2.70. The van der Waals surface area contributed by atoms with Crippen molar-refractivity contribution >= 4 is 15.7 Å². The Morgan fingerprint density at radius 3 is 2.59 bits per heavy atom. The number of nitrogens with one attached hydrogen (secondary N) is 1. The van der Waals surface area contributed by atoms with Gasteiger partial charge >= 0.3 is 0 Å². The lowest BCUT2D eigenvalue weighted by Gasteiger charge is -2.21. The number of methoxy groups -OCH3 is 1. The Bertz CT molecular complexity index is 470. The molecule has 1 N–H and O–H groups in total. The summed E-state index contributed by atoms with van der Waals surface area (Å²) in [7, 11) is -1.62. The first kappa shape index (κ1) is 12.2. The van der Waals surface area contributed by atoms with Gasteiger partial charge in [0, 0.05) is 19.6 Å². The molecule has 0 amide bonds. The number of rotatable bonds is 2. The number of benzene rings is 1. The van der Waals surface area contributed by atoms with Gasteiger partial charge in [-0.15, -0.1) is 0 Å². The summed E-state index contributed by atoms with van der Waals surface area (Å²) in [6, 6.07) is 7.07. The molecular weight excluding hydrogens is 240 g/mol. The zero-order chi connectivity index (χ0) is 12.3. The van der Waals surface area contributed by atoms with Crippen LogP contribution in [0.2, 0.25) is 0 Å². The van der Waals surface area contributed by atoms with Gasteiger partial charge < -0.3 is 10.1 Å². The van der Waals surface area contributed by atoms with Crippen molar-refractivity contribution in [2.24, 2.45) is 0 Å². The van der Waals surface area contributed by atoms with E-state index < -0.39 is 10.0 Å². The largest absolute Gasteiger partial charge is 0.497 e. The van der Waals surface area contributed by atoms with Crippen LogP contribution in [0.1, 0.15) is 0 Å². The van der Waals surface area contributed by atoms with E-state index in [-0.39, 0.29) is 5.75 Å².